The Morgan fingerprint density at radius 2 is 2.00 bits per heavy atom. The predicted molar refractivity (Wildman–Crippen MR) is 56.4 cm³/mol. The Morgan fingerprint density at radius 3 is 2.53 bits per heavy atom. The van der Waals surface area contributed by atoms with Crippen LogP contribution in [0.3, 0.4) is 0 Å². The number of benzene rings is 1. The molecular weight excluding hydrogens is 194 g/mol. The van der Waals surface area contributed by atoms with Gasteiger partial charge in [-0.2, -0.15) is 0 Å². The standard InChI is InChI=1S/C11H15NO3/c1-12(8-10(13)11(14)15)7-9-5-3-2-4-6-9/h2-6,10,13H,7-8H2,1H3,(H,14,15)/t10-/m1/s1. The van der Waals surface area contributed by atoms with Crippen LogP contribution in [0.1, 0.15) is 5.56 Å². The SMILES string of the molecule is CN(Cc1ccccc1)C[C@@H](O)C(=O)O. The van der Waals surface area contributed by atoms with Gasteiger partial charge in [-0.3, -0.25) is 4.90 Å². The van der Waals surface area contributed by atoms with E-state index in [0.717, 1.165) is 5.56 Å². The molecule has 0 fully saturated rings. The van der Waals surface area contributed by atoms with Crippen molar-refractivity contribution in [2.45, 2.75) is 12.6 Å². The van der Waals surface area contributed by atoms with E-state index in [1.807, 2.05) is 30.3 Å². The Hall–Kier alpha value is -1.39. The molecule has 4 heteroatoms. The van der Waals surface area contributed by atoms with E-state index in [4.69, 9.17) is 10.2 Å². The molecule has 0 spiro atoms. The van der Waals surface area contributed by atoms with Crippen molar-refractivity contribution < 1.29 is 15.0 Å². The van der Waals surface area contributed by atoms with Crippen LogP contribution in [0, 0.1) is 0 Å². The van der Waals surface area contributed by atoms with E-state index in [9.17, 15) is 4.79 Å². The van der Waals surface area contributed by atoms with E-state index in [1.54, 1.807) is 11.9 Å². The minimum atomic E-state index is -1.32. The molecule has 1 rings (SSSR count). The van der Waals surface area contributed by atoms with E-state index < -0.39 is 12.1 Å². The third-order valence-electron chi connectivity index (χ3n) is 2.06. The molecule has 1 aromatic rings. The van der Waals surface area contributed by atoms with E-state index >= 15 is 0 Å². The lowest BCUT2D eigenvalue weighted by molar-refractivity contribution is -0.147. The lowest BCUT2D eigenvalue weighted by atomic mass is 10.2. The maximum Gasteiger partial charge on any atom is 0.333 e. The number of nitrogens with zero attached hydrogens (tertiary/aromatic N) is 1. The summed E-state index contributed by atoms with van der Waals surface area (Å²) in [6.45, 7) is 0.759. The zero-order chi connectivity index (χ0) is 11.3. The third-order valence-corrected chi connectivity index (χ3v) is 2.06. The lowest BCUT2D eigenvalue weighted by Gasteiger charge is -2.18. The summed E-state index contributed by atoms with van der Waals surface area (Å²) in [5, 5.41) is 17.7. The normalized spacial score (nSPS) is 12.7. The van der Waals surface area contributed by atoms with Crippen molar-refractivity contribution in [2.24, 2.45) is 0 Å². The van der Waals surface area contributed by atoms with Crippen molar-refractivity contribution in [1.82, 2.24) is 4.90 Å². The summed E-state index contributed by atoms with van der Waals surface area (Å²) < 4.78 is 0. The van der Waals surface area contributed by atoms with Crippen molar-refractivity contribution in [3.05, 3.63) is 35.9 Å². The number of aliphatic hydroxyl groups excluding tert-OH is 1. The van der Waals surface area contributed by atoms with E-state index in [2.05, 4.69) is 0 Å². The van der Waals surface area contributed by atoms with Gasteiger partial charge in [0, 0.05) is 13.1 Å². The molecule has 0 heterocycles. The molecule has 2 N–H and O–H groups in total. The molecule has 0 unspecified atom stereocenters. The first-order valence-electron chi connectivity index (χ1n) is 4.73. The van der Waals surface area contributed by atoms with Crippen molar-refractivity contribution >= 4 is 5.97 Å². The van der Waals surface area contributed by atoms with Crippen LogP contribution in [0.4, 0.5) is 0 Å². The van der Waals surface area contributed by atoms with Crippen LogP contribution in [0.2, 0.25) is 0 Å². The van der Waals surface area contributed by atoms with Crippen molar-refractivity contribution in [3.63, 3.8) is 0 Å². The Kier molecular flexibility index (Phi) is 4.27. The molecule has 15 heavy (non-hydrogen) atoms. The topological polar surface area (TPSA) is 60.8 Å². The lowest BCUT2D eigenvalue weighted by Crippen LogP contribution is -2.34. The number of aliphatic carboxylic acids is 1. The zero-order valence-electron chi connectivity index (χ0n) is 8.63. The molecule has 0 aliphatic heterocycles. The second-order valence-corrected chi connectivity index (χ2v) is 3.54. The first-order valence-corrected chi connectivity index (χ1v) is 4.73. The Balaban J connectivity index is 2.43. The number of rotatable bonds is 5. The number of carboxylic acid groups (broad SMARTS) is 1. The molecule has 0 saturated carbocycles. The molecule has 0 amide bonds. The summed E-state index contributed by atoms with van der Waals surface area (Å²) in [7, 11) is 1.78. The molecule has 0 aliphatic carbocycles. The quantitative estimate of drug-likeness (QED) is 0.744. The average Bonchev–Trinajstić information content (AvgIpc) is 2.18. The molecule has 0 radical (unpaired) electrons. The first-order chi connectivity index (χ1) is 7.09. The first kappa shape index (κ1) is 11.7. The van der Waals surface area contributed by atoms with Gasteiger partial charge in [-0.1, -0.05) is 30.3 Å². The van der Waals surface area contributed by atoms with E-state index in [1.165, 1.54) is 0 Å². The summed E-state index contributed by atoms with van der Waals surface area (Å²) in [6.07, 6.45) is -1.32. The fourth-order valence-corrected chi connectivity index (χ4v) is 1.33. The minimum absolute atomic E-state index is 0.129. The second-order valence-electron chi connectivity index (χ2n) is 3.54. The number of hydrogen-bond acceptors (Lipinski definition) is 3. The number of carbonyl (C=O) groups is 1. The average molecular weight is 209 g/mol. The van der Waals surface area contributed by atoms with Crippen LogP contribution in [0.15, 0.2) is 30.3 Å². The number of carboxylic acids is 1. The Labute approximate surface area is 88.8 Å². The Morgan fingerprint density at radius 1 is 1.40 bits per heavy atom. The van der Waals surface area contributed by atoms with Crippen molar-refractivity contribution in [2.75, 3.05) is 13.6 Å². The highest BCUT2D eigenvalue weighted by Gasteiger charge is 2.15. The minimum Gasteiger partial charge on any atom is -0.479 e. The Bertz CT molecular complexity index is 313. The molecule has 1 aromatic carbocycles. The smallest absolute Gasteiger partial charge is 0.333 e. The van der Waals surface area contributed by atoms with Gasteiger partial charge in [0.25, 0.3) is 0 Å². The van der Waals surface area contributed by atoms with Gasteiger partial charge in [-0.05, 0) is 12.6 Å². The second kappa shape index (κ2) is 5.48. The predicted octanol–water partition coefficient (Wildman–Crippen LogP) is 0.564. The molecule has 82 valence electrons. The van der Waals surface area contributed by atoms with Gasteiger partial charge in [0.1, 0.15) is 0 Å². The van der Waals surface area contributed by atoms with Gasteiger partial charge >= 0.3 is 5.97 Å². The highest BCUT2D eigenvalue weighted by atomic mass is 16.4. The maximum absolute atomic E-state index is 10.4. The van der Waals surface area contributed by atoms with Gasteiger partial charge in [0.05, 0.1) is 0 Å². The number of likely N-dealkylation sites (N-methyl/N-ethyl adjacent to an activating group) is 1. The molecule has 0 aliphatic rings. The van der Waals surface area contributed by atoms with Crippen LogP contribution < -0.4 is 0 Å². The zero-order valence-corrected chi connectivity index (χ0v) is 8.63. The number of hydrogen-bond donors (Lipinski definition) is 2. The number of aliphatic hydroxyl groups is 1. The van der Waals surface area contributed by atoms with Gasteiger partial charge in [-0.15, -0.1) is 0 Å². The molecular formula is C11H15NO3. The summed E-state index contributed by atoms with van der Waals surface area (Å²) >= 11 is 0. The van der Waals surface area contributed by atoms with E-state index in [0.29, 0.717) is 6.54 Å². The van der Waals surface area contributed by atoms with E-state index in [-0.39, 0.29) is 6.54 Å². The summed E-state index contributed by atoms with van der Waals surface area (Å²) in [5.41, 5.74) is 1.09. The van der Waals surface area contributed by atoms with Crippen molar-refractivity contribution in [1.29, 1.82) is 0 Å². The highest BCUT2D eigenvalue weighted by Crippen LogP contribution is 2.02. The molecule has 1 atom stereocenters. The maximum atomic E-state index is 10.4. The molecule has 0 saturated heterocycles. The van der Waals surface area contributed by atoms with Crippen molar-refractivity contribution in [3.8, 4) is 0 Å². The molecule has 4 nitrogen and oxygen atoms in total. The van der Waals surface area contributed by atoms with Crippen LogP contribution >= 0.6 is 0 Å². The van der Waals surface area contributed by atoms with Gasteiger partial charge in [-0.25, -0.2) is 4.79 Å². The van der Waals surface area contributed by atoms with Gasteiger partial charge in [0.2, 0.25) is 0 Å². The van der Waals surface area contributed by atoms with Crippen LogP contribution in [-0.4, -0.2) is 40.8 Å². The molecule has 0 aromatic heterocycles. The summed E-state index contributed by atoms with van der Waals surface area (Å²) in [6, 6.07) is 9.70. The highest BCUT2D eigenvalue weighted by molar-refractivity contribution is 5.72. The summed E-state index contributed by atoms with van der Waals surface area (Å²) in [5.74, 6) is -1.19. The fourth-order valence-electron chi connectivity index (χ4n) is 1.33. The van der Waals surface area contributed by atoms with Crippen LogP contribution in [-0.2, 0) is 11.3 Å². The molecule has 0 bridgehead atoms. The van der Waals surface area contributed by atoms with Gasteiger partial charge in [0.15, 0.2) is 6.10 Å². The monoisotopic (exact) mass is 209 g/mol. The van der Waals surface area contributed by atoms with Gasteiger partial charge < -0.3 is 10.2 Å². The van der Waals surface area contributed by atoms with Crippen LogP contribution in [0.5, 0.6) is 0 Å². The third kappa shape index (κ3) is 4.10. The summed E-state index contributed by atoms with van der Waals surface area (Å²) in [4.78, 5) is 12.2. The fraction of sp³-hybridized carbons (Fsp3) is 0.364. The van der Waals surface area contributed by atoms with Crippen LogP contribution in [0.25, 0.3) is 0 Å². The largest absolute Gasteiger partial charge is 0.479 e.